The minimum atomic E-state index is -3.61. The highest BCUT2D eigenvalue weighted by molar-refractivity contribution is 7.89. The molecule has 1 aromatic carbocycles. The summed E-state index contributed by atoms with van der Waals surface area (Å²) in [6, 6.07) is 6.26. The number of hydrogen-bond donors (Lipinski definition) is 0. The van der Waals surface area contributed by atoms with Crippen molar-refractivity contribution in [2.24, 2.45) is 0 Å². The third kappa shape index (κ3) is 3.32. The number of tetrazole rings is 1. The molecule has 2 aromatic rings. The number of aromatic nitrogens is 4. The molecule has 2 rings (SSSR count). The first kappa shape index (κ1) is 16.5. The Morgan fingerprint density at radius 3 is 2.77 bits per heavy atom. The first-order valence-corrected chi connectivity index (χ1v) is 8.29. The van der Waals surface area contributed by atoms with E-state index in [0.29, 0.717) is 18.8 Å². The zero-order valence-electron chi connectivity index (χ0n) is 12.7. The maximum Gasteiger partial charge on any atom is 0.243 e. The van der Waals surface area contributed by atoms with E-state index in [9.17, 15) is 8.42 Å². The number of likely N-dealkylation sites (N-methyl/N-ethyl adjacent to an activating group) is 1. The summed E-state index contributed by atoms with van der Waals surface area (Å²) < 4.78 is 33.5. The van der Waals surface area contributed by atoms with Crippen LogP contribution in [0.3, 0.4) is 0 Å². The van der Waals surface area contributed by atoms with Crippen LogP contribution >= 0.6 is 0 Å². The van der Waals surface area contributed by atoms with Crippen molar-refractivity contribution in [3.8, 4) is 5.69 Å². The fourth-order valence-corrected chi connectivity index (χ4v) is 3.91. The Kier molecular flexibility index (Phi) is 5.22. The van der Waals surface area contributed by atoms with Crippen molar-refractivity contribution in [3.63, 3.8) is 0 Å². The van der Waals surface area contributed by atoms with Gasteiger partial charge in [-0.15, -0.1) is 5.10 Å². The van der Waals surface area contributed by atoms with Gasteiger partial charge in [0.2, 0.25) is 10.0 Å². The maximum atomic E-state index is 12.8. The molecule has 0 saturated heterocycles. The van der Waals surface area contributed by atoms with Gasteiger partial charge < -0.3 is 4.74 Å². The second-order valence-electron chi connectivity index (χ2n) is 4.76. The normalized spacial score (nSPS) is 13.5. The molecule has 0 saturated carbocycles. The van der Waals surface area contributed by atoms with Gasteiger partial charge in [-0.2, -0.15) is 4.31 Å². The van der Waals surface area contributed by atoms with Gasteiger partial charge in [0, 0.05) is 19.7 Å². The Hall–Kier alpha value is -1.84. The highest BCUT2D eigenvalue weighted by atomic mass is 32.2. The third-order valence-corrected chi connectivity index (χ3v) is 5.33. The predicted octanol–water partition coefficient (Wildman–Crippen LogP) is 0.708. The van der Waals surface area contributed by atoms with Gasteiger partial charge in [0.1, 0.15) is 6.33 Å². The Labute approximate surface area is 129 Å². The van der Waals surface area contributed by atoms with E-state index in [2.05, 4.69) is 15.5 Å². The van der Waals surface area contributed by atoms with Crippen LogP contribution in [0, 0.1) is 0 Å². The van der Waals surface area contributed by atoms with E-state index in [1.54, 1.807) is 38.3 Å². The van der Waals surface area contributed by atoms with Crippen molar-refractivity contribution in [2.75, 3.05) is 20.3 Å². The molecule has 1 heterocycles. The van der Waals surface area contributed by atoms with Crippen molar-refractivity contribution in [1.29, 1.82) is 0 Å². The van der Waals surface area contributed by atoms with Crippen LogP contribution in [0.25, 0.3) is 5.69 Å². The molecule has 22 heavy (non-hydrogen) atoms. The van der Waals surface area contributed by atoms with Crippen LogP contribution < -0.4 is 0 Å². The lowest BCUT2D eigenvalue weighted by Crippen LogP contribution is -2.40. The van der Waals surface area contributed by atoms with Crippen LogP contribution in [0.5, 0.6) is 0 Å². The minimum absolute atomic E-state index is 0.199. The summed E-state index contributed by atoms with van der Waals surface area (Å²) in [4.78, 5) is 0.199. The van der Waals surface area contributed by atoms with Crippen LogP contribution in [0.4, 0.5) is 0 Å². The molecule has 1 unspecified atom stereocenters. The Bertz CT molecular complexity index is 702. The summed E-state index contributed by atoms with van der Waals surface area (Å²) in [5, 5.41) is 10.9. The van der Waals surface area contributed by atoms with Crippen molar-refractivity contribution in [2.45, 2.75) is 24.8 Å². The summed E-state index contributed by atoms with van der Waals surface area (Å²) in [5.41, 5.74) is 0.585. The van der Waals surface area contributed by atoms with Crippen molar-refractivity contribution < 1.29 is 13.2 Å². The van der Waals surface area contributed by atoms with Crippen LogP contribution in [0.15, 0.2) is 35.5 Å². The molecule has 120 valence electrons. The molecule has 0 radical (unpaired) electrons. The number of hydrogen-bond acceptors (Lipinski definition) is 6. The van der Waals surface area contributed by atoms with Gasteiger partial charge in [-0.1, -0.05) is 13.0 Å². The third-order valence-electron chi connectivity index (χ3n) is 3.25. The molecule has 0 spiro atoms. The fourth-order valence-electron chi connectivity index (χ4n) is 2.24. The van der Waals surface area contributed by atoms with Crippen LogP contribution in [-0.2, 0) is 14.8 Å². The first-order valence-electron chi connectivity index (χ1n) is 6.85. The van der Waals surface area contributed by atoms with E-state index in [0.717, 1.165) is 0 Å². The molecule has 0 bridgehead atoms. The molecule has 0 N–H and O–H groups in total. The number of methoxy groups -OCH3 is 1. The second-order valence-corrected chi connectivity index (χ2v) is 6.66. The topological polar surface area (TPSA) is 90.2 Å². The van der Waals surface area contributed by atoms with Crippen LogP contribution in [0.1, 0.15) is 13.8 Å². The van der Waals surface area contributed by atoms with Crippen LogP contribution in [0.2, 0.25) is 0 Å². The fraction of sp³-hybridized carbons (Fsp3) is 0.462. The highest BCUT2D eigenvalue weighted by Crippen LogP contribution is 2.20. The molecule has 1 aromatic heterocycles. The highest BCUT2D eigenvalue weighted by Gasteiger charge is 2.27. The summed E-state index contributed by atoms with van der Waals surface area (Å²) >= 11 is 0. The number of ether oxygens (including phenoxy) is 1. The molecule has 9 heteroatoms. The van der Waals surface area contributed by atoms with E-state index >= 15 is 0 Å². The number of benzene rings is 1. The molecular weight excluding hydrogens is 306 g/mol. The Morgan fingerprint density at radius 2 is 2.18 bits per heavy atom. The van der Waals surface area contributed by atoms with Crippen LogP contribution in [-0.4, -0.2) is 59.2 Å². The standard InChI is InChI=1S/C13H19N5O3S/c1-4-18(11(2)9-21-3)22(19,20)13-7-5-6-12(8-13)17-10-14-15-16-17/h5-8,10-11H,4,9H2,1-3H3. The molecular formula is C13H19N5O3S. The van der Waals surface area contributed by atoms with E-state index in [4.69, 9.17) is 4.74 Å². The van der Waals surface area contributed by atoms with E-state index in [1.165, 1.54) is 15.3 Å². The largest absolute Gasteiger partial charge is 0.383 e. The smallest absolute Gasteiger partial charge is 0.243 e. The average Bonchev–Trinajstić information content (AvgIpc) is 3.02. The summed E-state index contributed by atoms with van der Waals surface area (Å²) in [6.07, 6.45) is 1.41. The summed E-state index contributed by atoms with van der Waals surface area (Å²) in [5.74, 6) is 0. The van der Waals surface area contributed by atoms with Gasteiger partial charge in [-0.3, -0.25) is 0 Å². The second kappa shape index (κ2) is 6.95. The van der Waals surface area contributed by atoms with Gasteiger partial charge in [-0.25, -0.2) is 13.1 Å². The summed E-state index contributed by atoms with van der Waals surface area (Å²) in [6.45, 7) is 4.31. The number of rotatable bonds is 7. The van der Waals surface area contributed by atoms with Gasteiger partial charge in [0.15, 0.2) is 0 Å². The van der Waals surface area contributed by atoms with E-state index in [1.807, 2.05) is 6.92 Å². The van der Waals surface area contributed by atoms with Gasteiger partial charge in [-0.05, 0) is 35.5 Å². The van der Waals surface area contributed by atoms with Gasteiger partial charge in [0.05, 0.1) is 17.2 Å². The van der Waals surface area contributed by atoms with Gasteiger partial charge in [0.25, 0.3) is 0 Å². The zero-order valence-corrected chi connectivity index (χ0v) is 13.6. The van der Waals surface area contributed by atoms with Gasteiger partial charge >= 0.3 is 0 Å². The van der Waals surface area contributed by atoms with Crippen molar-refractivity contribution >= 4 is 10.0 Å². The lowest BCUT2D eigenvalue weighted by molar-refractivity contribution is 0.142. The minimum Gasteiger partial charge on any atom is -0.383 e. The van der Waals surface area contributed by atoms with E-state index in [-0.39, 0.29) is 10.9 Å². The molecule has 0 aliphatic heterocycles. The molecule has 8 nitrogen and oxygen atoms in total. The summed E-state index contributed by atoms with van der Waals surface area (Å²) in [7, 11) is -2.06. The molecule has 0 fully saturated rings. The molecule has 0 aliphatic carbocycles. The lowest BCUT2D eigenvalue weighted by Gasteiger charge is -2.26. The molecule has 1 atom stereocenters. The van der Waals surface area contributed by atoms with Crippen molar-refractivity contribution in [3.05, 3.63) is 30.6 Å². The lowest BCUT2D eigenvalue weighted by atomic mass is 10.3. The van der Waals surface area contributed by atoms with Crippen molar-refractivity contribution in [1.82, 2.24) is 24.5 Å². The SMILES string of the molecule is CCN(C(C)COC)S(=O)(=O)c1cccc(-n2cnnn2)c1. The van der Waals surface area contributed by atoms with E-state index < -0.39 is 10.0 Å². The first-order chi connectivity index (χ1) is 10.5. The molecule has 0 amide bonds. The maximum absolute atomic E-state index is 12.8. The predicted molar refractivity (Wildman–Crippen MR) is 80.1 cm³/mol. The Morgan fingerprint density at radius 1 is 1.41 bits per heavy atom. The zero-order chi connectivity index (χ0) is 16.2. The molecule has 0 aliphatic rings. The average molecular weight is 325 g/mol. The number of nitrogens with zero attached hydrogens (tertiary/aromatic N) is 5. The monoisotopic (exact) mass is 325 g/mol. The number of sulfonamides is 1. The quantitative estimate of drug-likeness (QED) is 0.744. The Balaban J connectivity index is 2.38.